The largest absolute Gasteiger partial charge is 0.395 e. The van der Waals surface area contributed by atoms with Gasteiger partial charge in [0.05, 0.1) is 6.61 Å². The molecule has 0 aliphatic carbocycles. The fourth-order valence-electron chi connectivity index (χ4n) is 2.24. The molecule has 0 saturated heterocycles. The Hall–Kier alpha value is -2.59. The molecule has 2 aromatic carbocycles. The molecule has 4 heteroatoms. The van der Waals surface area contributed by atoms with Gasteiger partial charge >= 0.3 is 6.03 Å². The summed E-state index contributed by atoms with van der Waals surface area (Å²) in [6, 6.07) is 17.4. The molecule has 0 atom stereocenters. The lowest BCUT2D eigenvalue weighted by atomic mass is 10.1. The molecule has 120 valence electrons. The number of carbonyl (C=O) groups excluding carboxylic acids is 1. The molecule has 4 nitrogen and oxygen atoms in total. The lowest BCUT2D eigenvalue weighted by Gasteiger charge is -2.21. The van der Waals surface area contributed by atoms with Crippen LogP contribution in [0.1, 0.15) is 16.7 Å². The second kappa shape index (κ2) is 8.76. The maximum atomic E-state index is 12.3. The van der Waals surface area contributed by atoms with Crippen LogP contribution in [-0.2, 0) is 6.54 Å². The molecule has 0 unspecified atom stereocenters. The first-order valence-electron chi connectivity index (χ1n) is 7.63. The van der Waals surface area contributed by atoms with Crippen molar-refractivity contribution < 1.29 is 9.90 Å². The molecule has 2 aromatic rings. The van der Waals surface area contributed by atoms with Gasteiger partial charge in [0.15, 0.2) is 0 Å². The summed E-state index contributed by atoms with van der Waals surface area (Å²) in [5.74, 6) is 0. The van der Waals surface area contributed by atoms with E-state index in [4.69, 9.17) is 5.11 Å². The van der Waals surface area contributed by atoms with Gasteiger partial charge in [-0.3, -0.25) is 0 Å². The van der Waals surface area contributed by atoms with Crippen molar-refractivity contribution in [3.8, 4) is 0 Å². The van der Waals surface area contributed by atoms with Gasteiger partial charge in [-0.25, -0.2) is 4.79 Å². The van der Waals surface area contributed by atoms with Crippen LogP contribution in [0.4, 0.5) is 4.79 Å². The fourth-order valence-corrected chi connectivity index (χ4v) is 2.24. The van der Waals surface area contributed by atoms with Gasteiger partial charge in [0.2, 0.25) is 0 Å². The van der Waals surface area contributed by atoms with E-state index in [1.54, 1.807) is 11.1 Å². The zero-order chi connectivity index (χ0) is 16.5. The molecular formula is C19H22N2O2. The smallest absolute Gasteiger partial charge is 0.321 e. The third-order valence-electron chi connectivity index (χ3n) is 3.53. The van der Waals surface area contributed by atoms with Gasteiger partial charge in [0.25, 0.3) is 0 Å². The molecule has 2 rings (SSSR count). The Morgan fingerprint density at radius 3 is 2.52 bits per heavy atom. The number of amides is 2. The van der Waals surface area contributed by atoms with Crippen molar-refractivity contribution in [2.24, 2.45) is 0 Å². The van der Waals surface area contributed by atoms with Gasteiger partial charge in [-0.15, -0.1) is 0 Å². The zero-order valence-corrected chi connectivity index (χ0v) is 13.3. The minimum atomic E-state index is -0.229. The lowest BCUT2D eigenvalue weighted by Crippen LogP contribution is -2.38. The van der Waals surface area contributed by atoms with E-state index in [1.165, 1.54) is 0 Å². The van der Waals surface area contributed by atoms with E-state index in [9.17, 15) is 4.79 Å². The fraction of sp³-hybridized carbons (Fsp3) is 0.211. The molecular weight excluding hydrogens is 288 g/mol. The van der Waals surface area contributed by atoms with E-state index in [2.05, 4.69) is 5.32 Å². The first kappa shape index (κ1) is 16.8. The minimum Gasteiger partial charge on any atom is -0.395 e. The molecule has 0 spiro atoms. The highest BCUT2D eigenvalue weighted by atomic mass is 16.3. The Balaban J connectivity index is 1.97. The summed E-state index contributed by atoms with van der Waals surface area (Å²) >= 11 is 0. The number of aliphatic hydroxyl groups excluding tert-OH is 1. The summed E-state index contributed by atoms with van der Waals surface area (Å²) in [7, 11) is 0. The molecule has 0 heterocycles. The molecule has 23 heavy (non-hydrogen) atoms. The van der Waals surface area contributed by atoms with Crippen LogP contribution in [0.5, 0.6) is 0 Å². The second-order valence-corrected chi connectivity index (χ2v) is 5.27. The predicted molar refractivity (Wildman–Crippen MR) is 92.7 cm³/mol. The molecule has 0 aliphatic heterocycles. The van der Waals surface area contributed by atoms with Crippen LogP contribution in [-0.4, -0.2) is 29.2 Å². The third-order valence-corrected chi connectivity index (χ3v) is 3.53. The van der Waals surface area contributed by atoms with Crippen molar-refractivity contribution in [2.45, 2.75) is 13.5 Å². The molecule has 0 aromatic heterocycles. The number of urea groups is 1. The number of nitrogens with one attached hydrogen (secondary N) is 1. The van der Waals surface area contributed by atoms with Gasteiger partial charge in [-0.2, -0.15) is 0 Å². The van der Waals surface area contributed by atoms with Gasteiger partial charge < -0.3 is 15.3 Å². The van der Waals surface area contributed by atoms with Crippen LogP contribution in [0.15, 0.2) is 60.8 Å². The van der Waals surface area contributed by atoms with Crippen molar-refractivity contribution in [2.75, 3.05) is 13.2 Å². The summed E-state index contributed by atoms with van der Waals surface area (Å²) in [5.41, 5.74) is 3.23. The summed E-state index contributed by atoms with van der Waals surface area (Å²) in [5, 5.41) is 11.9. The van der Waals surface area contributed by atoms with Crippen molar-refractivity contribution >= 4 is 12.1 Å². The molecule has 0 saturated carbocycles. The van der Waals surface area contributed by atoms with Crippen LogP contribution in [0, 0.1) is 6.92 Å². The Labute approximate surface area is 137 Å². The third kappa shape index (κ3) is 5.27. The predicted octanol–water partition coefficient (Wildman–Crippen LogP) is 3.17. The van der Waals surface area contributed by atoms with Gasteiger partial charge in [0.1, 0.15) is 0 Å². The van der Waals surface area contributed by atoms with Gasteiger partial charge in [-0.05, 0) is 29.7 Å². The maximum Gasteiger partial charge on any atom is 0.321 e. The maximum absolute atomic E-state index is 12.3. The average molecular weight is 310 g/mol. The van der Waals surface area contributed by atoms with E-state index in [0.29, 0.717) is 13.1 Å². The van der Waals surface area contributed by atoms with Crippen LogP contribution >= 0.6 is 0 Å². The average Bonchev–Trinajstić information content (AvgIpc) is 2.57. The van der Waals surface area contributed by atoms with Crippen molar-refractivity contribution in [1.82, 2.24) is 10.2 Å². The first-order chi connectivity index (χ1) is 11.2. The number of rotatable bonds is 6. The summed E-state index contributed by atoms with van der Waals surface area (Å²) in [6.07, 6.45) is 3.51. The number of nitrogens with zero attached hydrogens (tertiary/aromatic N) is 1. The van der Waals surface area contributed by atoms with Crippen molar-refractivity contribution in [1.29, 1.82) is 0 Å². The number of aryl methyl sites for hydroxylation is 1. The van der Waals surface area contributed by atoms with Crippen LogP contribution in [0.2, 0.25) is 0 Å². The van der Waals surface area contributed by atoms with Crippen molar-refractivity contribution in [3.63, 3.8) is 0 Å². The summed E-state index contributed by atoms with van der Waals surface area (Å²) in [6.45, 7) is 2.71. The molecule has 2 amide bonds. The molecule has 0 bridgehead atoms. The van der Waals surface area contributed by atoms with E-state index in [0.717, 1.165) is 16.7 Å². The molecule has 0 radical (unpaired) electrons. The highest BCUT2D eigenvalue weighted by molar-refractivity contribution is 5.76. The Kier molecular flexibility index (Phi) is 6.39. The quantitative estimate of drug-likeness (QED) is 0.861. The standard InChI is InChI=1S/C19H22N2O2/c1-16-7-5-6-10-18(16)11-12-20-19(23)21(13-14-22)15-17-8-3-2-4-9-17/h2-12,22H,13-15H2,1H3,(H,20,23)/b12-11+. The van der Waals surface area contributed by atoms with Crippen LogP contribution < -0.4 is 5.32 Å². The number of carbonyl (C=O) groups is 1. The van der Waals surface area contributed by atoms with E-state index in [-0.39, 0.29) is 12.6 Å². The topological polar surface area (TPSA) is 52.6 Å². The zero-order valence-electron chi connectivity index (χ0n) is 13.3. The van der Waals surface area contributed by atoms with Gasteiger partial charge in [-0.1, -0.05) is 54.6 Å². The number of benzene rings is 2. The highest BCUT2D eigenvalue weighted by Gasteiger charge is 2.11. The second-order valence-electron chi connectivity index (χ2n) is 5.27. The molecule has 2 N–H and O–H groups in total. The number of aliphatic hydroxyl groups is 1. The highest BCUT2D eigenvalue weighted by Crippen LogP contribution is 2.08. The van der Waals surface area contributed by atoms with E-state index >= 15 is 0 Å². The van der Waals surface area contributed by atoms with Gasteiger partial charge in [0, 0.05) is 19.3 Å². The normalized spacial score (nSPS) is 10.7. The SMILES string of the molecule is Cc1ccccc1/C=C/NC(=O)N(CCO)Cc1ccccc1. The minimum absolute atomic E-state index is 0.0677. The van der Waals surface area contributed by atoms with Crippen molar-refractivity contribution in [3.05, 3.63) is 77.5 Å². The van der Waals surface area contributed by atoms with E-state index in [1.807, 2.05) is 67.6 Å². The summed E-state index contributed by atoms with van der Waals surface area (Å²) in [4.78, 5) is 13.8. The number of hydrogen-bond donors (Lipinski definition) is 2. The monoisotopic (exact) mass is 310 g/mol. The Morgan fingerprint density at radius 2 is 1.83 bits per heavy atom. The first-order valence-corrected chi connectivity index (χ1v) is 7.63. The molecule has 0 fully saturated rings. The lowest BCUT2D eigenvalue weighted by molar-refractivity contribution is 0.177. The number of hydrogen-bond acceptors (Lipinski definition) is 2. The van der Waals surface area contributed by atoms with E-state index < -0.39 is 0 Å². The Bertz CT molecular complexity index is 653. The molecule has 0 aliphatic rings. The Morgan fingerprint density at radius 1 is 1.13 bits per heavy atom. The van der Waals surface area contributed by atoms with Crippen LogP contribution in [0.3, 0.4) is 0 Å². The van der Waals surface area contributed by atoms with Crippen LogP contribution in [0.25, 0.3) is 6.08 Å². The summed E-state index contributed by atoms with van der Waals surface area (Å²) < 4.78 is 0.